The molecule has 0 aromatic carbocycles. The highest BCUT2D eigenvalue weighted by molar-refractivity contribution is 7.90. The van der Waals surface area contributed by atoms with Crippen molar-refractivity contribution in [3.63, 3.8) is 0 Å². The van der Waals surface area contributed by atoms with Gasteiger partial charge in [-0.15, -0.1) is 0 Å². The summed E-state index contributed by atoms with van der Waals surface area (Å²) in [6, 6.07) is 0.270. The van der Waals surface area contributed by atoms with Crippen molar-refractivity contribution in [2.45, 2.75) is 78.1 Å². The van der Waals surface area contributed by atoms with Crippen LogP contribution in [-0.4, -0.2) is 49.6 Å². The summed E-state index contributed by atoms with van der Waals surface area (Å²) in [6.07, 6.45) is 9.92. The molecule has 0 radical (unpaired) electrons. The van der Waals surface area contributed by atoms with Crippen LogP contribution in [-0.2, 0) is 14.8 Å². The number of nitrogens with one attached hydrogen (secondary N) is 2. The normalized spacial score (nSPS) is 12.6. The van der Waals surface area contributed by atoms with Crippen molar-refractivity contribution in [2.75, 3.05) is 13.1 Å². The van der Waals surface area contributed by atoms with Gasteiger partial charge in [-0.2, -0.15) is 0 Å². The summed E-state index contributed by atoms with van der Waals surface area (Å²) in [5.74, 6) is -0.0456. The molecule has 0 aliphatic carbocycles. The summed E-state index contributed by atoms with van der Waals surface area (Å²) in [5, 5.41) is 2.79. The van der Waals surface area contributed by atoms with E-state index in [9.17, 15) is 13.2 Å². The monoisotopic (exact) mass is 413 g/mol. The molecule has 6 nitrogen and oxygen atoms in total. The van der Waals surface area contributed by atoms with E-state index in [0.29, 0.717) is 12.1 Å². The lowest BCUT2D eigenvalue weighted by atomic mass is 10.1. The predicted octanol–water partition coefficient (Wildman–Crippen LogP) is 3.35. The van der Waals surface area contributed by atoms with E-state index in [0.717, 1.165) is 25.8 Å². The number of hydrogen-bond acceptors (Lipinski definition) is 4. The Bertz CT molecular complexity index is 627. The minimum Gasteiger partial charge on any atom is -0.391 e. The maximum absolute atomic E-state index is 12.4. The second-order valence-electron chi connectivity index (χ2n) is 7.65. The molecule has 0 aromatic heterocycles. The molecule has 0 heterocycles. The molecule has 1 amide bonds. The van der Waals surface area contributed by atoms with Crippen molar-refractivity contribution >= 4 is 15.9 Å². The Kier molecular flexibility index (Phi) is 12.8. The van der Waals surface area contributed by atoms with E-state index in [2.05, 4.69) is 16.6 Å². The number of allylic oxidation sites excluding steroid dienone is 2. The van der Waals surface area contributed by atoms with Crippen LogP contribution < -0.4 is 10.0 Å². The van der Waals surface area contributed by atoms with Crippen molar-refractivity contribution in [1.82, 2.24) is 14.9 Å². The van der Waals surface area contributed by atoms with Gasteiger partial charge in [0.05, 0.1) is 5.25 Å². The molecule has 2 N–H and O–H groups in total. The number of nitrogens with zero attached hydrogens (tertiary/aromatic N) is 1. The Hall–Kier alpha value is -1.60. The Balaban J connectivity index is 4.01. The third kappa shape index (κ3) is 10.7. The van der Waals surface area contributed by atoms with Gasteiger partial charge in [0.25, 0.3) is 5.91 Å². The molecule has 0 bridgehead atoms. The molecule has 0 aliphatic rings. The van der Waals surface area contributed by atoms with E-state index in [4.69, 9.17) is 0 Å². The topological polar surface area (TPSA) is 78.5 Å². The largest absolute Gasteiger partial charge is 0.391 e. The fourth-order valence-electron chi connectivity index (χ4n) is 2.59. The van der Waals surface area contributed by atoms with E-state index in [1.165, 1.54) is 0 Å². The zero-order chi connectivity index (χ0) is 21.7. The van der Waals surface area contributed by atoms with Crippen molar-refractivity contribution in [1.29, 1.82) is 0 Å². The molecule has 28 heavy (non-hydrogen) atoms. The number of amides is 1. The van der Waals surface area contributed by atoms with Gasteiger partial charge in [0.15, 0.2) is 0 Å². The molecule has 0 fully saturated rings. The van der Waals surface area contributed by atoms with Crippen molar-refractivity contribution < 1.29 is 13.2 Å². The van der Waals surface area contributed by atoms with Gasteiger partial charge in [-0.1, -0.05) is 25.2 Å². The van der Waals surface area contributed by atoms with Crippen LogP contribution >= 0.6 is 0 Å². The minimum atomic E-state index is -3.15. The van der Waals surface area contributed by atoms with Gasteiger partial charge in [-0.05, 0) is 66.7 Å². The second-order valence-corrected chi connectivity index (χ2v) is 9.97. The Labute approximate surface area is 172 Å². The van der Waals surface area contributed by atoms with Crippen LogP contribution in [0.3, 0.4) is 0 Å². The SMILES string of the molecule is C=C(/C=C\C=C\NCCCCCNS(=O)(=O)C(C)C)C(=O)N(C(C)C)C(C)C. The second kappa shape index (κ2) is 13.6. The number of rotatable bonds is 14. The average Bonchev–Trinajstić information content (AvgIpc) is 2.58. The molecular formula is C21H39N3O3S. The number of hydrogen-bond donors (Lipinski definition) is 2. The third-order valence-corrected chi connectivity index (χ3v) is 6.01. The first kappa shape index (κ1) is 26.4. The van der Waals surface area contributed by atoms with Gasteiger partial charge in [0.2, 0.25) is 10.0 Å². The Morgan fingerprint density at radius 3 is 2.07 bits per heavy atom. The Morgan fingerprint density at radius 1 is 0.964 bits per heavy atom. The van der Waals surface area contributed by atoms with Crippen LogP contribution in [0.25, 0.3) is 0 Å². The summed E-state index contributed by atoms with van der Waals surface area (Å²) < 4.78 is 25.8. The van der Waals surface area contributed by atoms with E-state index in [-0.39, 0.29) is 18.0 Å². The predicted molar refractivity (Wildman–Crippen MR) is 118 cm³/mol. The van der Waals surface area contributed by atoms with Crippen LogP contribution in [0.1, 0.15) is 60.8 Å². The molecule has 0 saturated heterocycles. The summed E-state index contributed by atoms with van der Waals surface area (Å²) in [7, 11) is -3.15. The standard InChI is InChI=1S/C21H39N3O3S/c1-17(2)24(18(3)4)21(25)20(7)13-9-12-15-22-14-10-8-11-16-23-28(26,27)19(5)6/h9,12-13,15,17-19,22-23H,7-8,10-11,14,16H2,1-6H3/b13-9-,15-12+. The lowest BCUT2D eigenvalue weighted by molar-refractivity contribution is -0.130. The van der Waals surface area contributed by atoms with Gasteiger partial charge in [0, 0.05) is 30.7 Å². The maximum Gasteiger partial charge on any atom is 0.253 e. The number of carbonyl (C=O) groups is 1. The van der Waals surface area contributed by atoms with Crippen LogP contribution in [0.4, 0.5) is 0 Å². The summed E-state index contributed by atoms with van der Waals surface area (Å²) in [4.78, 5) is 14.2. The molecule has 0 spiro atoms. The summed E-state index contributed by atoms with van der Waals surface area (Å²) >= 11 is 0. The Morgan fingerprint density at radius 2 is 1.54 bits per heavy atom. The highest BCUT2D eigenvalue weighted by Gasteiger charge is 2.20. The van der Waals surface area contributed by atoms with Crippen molar-refractivity contribution in [2.24, 2.45) is 0 Å². The minimum absolute atomic E-state index is 0.0456. The maximum atomic E-state index is 12.4. The van der Waals surface area contributed by atoms with Gasteiger partial charge < -0.3 is 10.2 Å². The van der Waals surface area contributed by atoms with E-state index < -0.39 is 15.3 Å². The summed E-state index contributed by atoms with van der Waals surface area (Å²) in [5.41, 5.74) is 0.468. The van der Waals surface area contributed by atoms with E-state index in [1.54, 1.807) is 26.0 Å². The van der Waals surface area contributed by atoms with Crippen LogP contribution in [0.15, 0.2) is 36.6 Å². The first-order valence-corrected chi connectivity index (χ1v) is 11.6. The molecule has 0 aliphatic heterocycles. The third-order valence-electron chi connectivity index (χ3n) is 4.17. The highest BCUT2D eigenvalue weighted by atomic mass is 32.2. The van der Waals surface area contributed by atoms with Crippen LogP contribution in [0.5, 0.6) is 0 Å². The van der Waals surface area contributed by atoms with Gasteiger partial charge in [-0.3, -0.25) is 4.79 Å². The number of carbonyl (C=O) groups excluding carboxylic acids is 1. The lowest BCUT2D eigenvalue weighted by Crippen LogP contribution is -2.42. The molecule has 162 valence electrons. The highest BCUT2D eigenvalue weighted by Crippen LogP contribution is 2.10. The quantitative estimate of drug-likeness (QED) is 0.260. The first-order chi connectivity index (χ1) is 13.0. The number of sulfonamides is 1. The zero-order valence-electron chi connectivity index (χ0n) is 18.4. The number of unbranched alkanes of at least 4 members (excludes halogenated alkanes) is 2. The molecule has 0 saturated carbocycles. The van der Waals surface area contributed by atoms with E-state index in [1.807, 2.05) is 44.9 Å². The molecule has 0 unspecified atom stereocenters. The zero-order valence-corrected chi connectivity index (χ0v) is 19.2. The van der Waals surface area contributed by atoms with Crippen molar-refractivity contribution in [3.05, 3.63) is 36.6 Å². The first-order valence-electron chi connectivity index (χ1n) is 10.1. The molecule has 0 aromatic rings. The summed E-state index contributed by atoms with van der Waals surface area (Å²) in [6.45, 7) is 16.5. The van der Waals surface area contributed by atoms with Gasteiger partial charge >= 0.3 is 0 Å². The molecule has 0 atom stereocenters. The molecular weight excluding hydrogens is 374 g/mol. The van der Waals surface area contributed by atoms with E-state index >= 15 is 0 Å². The smallest absolute Gasteiger partial charge is 0.253 e. The fourth-order valence-corrected chi connectivity index (χ4v) is 3.35. The molecule has 7 heteroatoms. The fraction of sp³-hybridized carbons (Fsp3) is 0.667. The van der Waals surface area contributed by atoms with Crippen LogP contribution in [0, 0.1) is 0 Å². The average molecular weight is 414 g/mol. The van der Waals surface area contributed by atoms with Crippen molar-refractivity contribution in [3.8, 4) is 0 Å². The van der Waals surface area contributed by atoms with Gasteiger partial charge in [-0.25, -0.2) is 13.1 Å². The van der Waals surface area contributed by atoms with Gasteiger partial charge in [0.1, 0.15) is 0 Å². The molecule has 0 rings (SSSR count). The van der Waals surface area contributed by atoms with Crippen LogP contribution in [0.2, 0.25) is 0 Å². The lowest BCUT2D eigenvalue weighted by Gasteiger charge is -2.30.